The van der Waals surface area contributed by atoms with Crippen LogP contribution in [-0.2, 0) is 22.2 Å². The number of carbonyl (C=O) groups excluding carboxylic acids is 1. The van der Waals surface area contributed by atoms with Crippen LogP contribution in [0.15, 0.2) is 48.5 Å². The van der Waals surface area contributed by atoms with Crippen LogP contribution in [0.1, 0.15) is 46.3 Å². The van der Waals surface area contributed by atoms with E-state index in [2.05, 4.69) is 36.7 Å². The summed E-state index contributed by atoms with van der Waals surface area (Å²) in [6, 6.07) is 15.7. The molecular formula is C26H34N2O4. The number of anilines is 1. The maximum Gasteiger partial charge on any atom is 0.235 e. The summed E-state index contributed by atoms with van der Waals surface area (Å²) >= 11 is 0. The highest BCUT2D eigenvalue weighted by molar-refractivity contribution is 6.02. The molecule has 0 saturated heterocycles. The van der Waals surface area contributed by atoms with Gasteiger partial charge in [-0.05, 0) is 54.8 Å². The second kappa shape index (κ2) is 8.26. The predicted molar refractivity (Wildman–Crippen MR) is 128 cm³/mol. The van der Waals surface area contributed by atoms with Gasteiger partial charge in [0.05, 0.1) is 31.8 Å². The summed E-state index contributed by atoms with van der Waals surface area (Å²) < 4.78 is 7.39. The summed E-state index contributed by atoms with van der Waals surface area (Å²) in [6.07, 6.45) is 0.805. The largest absolute Gasteiger partial charge is 0.497 e. The minimum absolute atomic E-state index is 0. The predicted octanol–water partition coefficient (Wildman–Crippen LogP) is 4.22. The Bertz CT molecular complexity index is 1140. The monoisotopic (exact) mass is 438 g/mol. The molecule has 172 valence electrons. The third-order valence-corrected chi connectivity index (χ3v) is 6.34. The number of hydrogen-bond acceptors (Lipinski definition) is 4. The van der Waals surface area contributed by atoms with Crippen molar-refractivity contribution in [2.24, 2.45) is 0 Å². The molecule has 0 spiro atoms. The number of methoxy groups -OCH3 is 1. The molecule has 6 nitrogen and oxygen atoms in total. The Balaban J connectivity index is 0.00000306. The third-order valence-electron chi connectivity index (χ3n) is 6.34. The number of hydrogen-bond donors (Lipinski definition) is 3. The fourth-order valence-corrected chi connectivity index (χ4v) is 4.38. The van der Waals surface area contributed by atoms with Crippen molar-refractivity contribution in [3.63, 3.8) is 0 Å². The van der Waals surface area contributed by atoms with Crippen LogP contribution in [0.2, 0.25) is 0 Å². The number of fused-ring (bicyclic) bond motifs is 1. The van der Waals surface area contributed by atoms with Crippen molar-refractivity contribution in [2.75, 3.05) is 19.0 Å². The van der Waals surface area contributed by atoms with E-state index >= 15 is 0 Å². The molecular weight excluding hydrogens is 404 g/mol. The van der Waals surface area contributed by atoms with Crippen molar-refractivity contribution < 1.29 is 21.2 Å². The molecule has 1 saturated carbocycles. The second-order valence-corrected chi connectivity index (χ2v) is 9.77. The Kier molecular flexibility index (Phi) is 5.77. The number of amides is 1. The molecule has 0 aliphatic heterocycles. The highest BCUT2D eigenvalue weighted by Crippen LogP contribution is 2.49. The molecule has 1 atom stereocenters. The van der Waals surface area contributed by atoms with E-state index in [9.17, 15) is 15.0 Å². The average molecular weight is 439 g/mol. The van der Waals surface area contributed by atoms with Gasteiger partial charge in [0.25, 0.3) is 0 Å². The van der Waals surface area contributed by atoms with Crippen molar-refractivity contribution in [2.45, 2.75) is 57.1 Å². The highest BCUT2D eigenvalue weighted by Gasteiger charge is 2.51. The molecule has 0 bridgehead atoms. The van der Waals surface area contributed by atoms with Gasteiger partial charge >= 0.3 is 0 Å². The van der Waals surface area contributed by atoms with Crippen LogP contribution < -0.4 is 10.1 Å². The van der Waals surface area contributed by atoms with E-state index in [0.717, 1.165) is 46.4 Å². The minimum Gasteiger partial charge on any atom is -0.497 e. The summed E-state index contributed by atoms with van der Waals surface area (Å²) in [7, 11) is 1.63. The summed E-state index contributed by atoms with van der Waals surface area (Å²) in [5.74, 6) is 0.750. The topological polar surface area (TPSA) is 83.7 Å². The zero-order valence-corrected chi connectivity index (χ0v) is 19.2. The molecule has 0 unspecified atom stereocenters. The fraction of sp³-hybridized carbons (Fsp3) is 0.423. The Hall–Kier alpha value is -2.83. The van der Waals surface area contributed by atoms with E-state index < -0.39 is 11.5 Å². The van der Waals surface area contributed by atoms with Crippen molar-refractivity contribution >= 4 is 22.5 Å². The third kappa shape index (κ3) is 4.12. The van der Waals surface area contributed by atoms with Crippen molar-refractivity contribution in [1.82, 2.24) is 4.57 Å². The summed E-state index contributed by atoms with van der Waals surface area (Å²) in [6.45, 7) is 6.39. The highest BCUT2D eigenvalue weighted by atomic mass is 16.5. The van der Waals surface area contributed by atoms with Gasteiger partial charge < -0.3 is 24.8 Å². The number of aliphatic hydroxyl groups excluding tert-OH is 2. The first-order chi connectivity index (χ1) is 15.2. The Labute approximate surface area is 190 Å². The second-order valence-electron chi connectivity index (χ2n) is 9.77. The molecule has 3 N–H and O–H groups in total. The molecule has 4 rings (SSSR count). The minimum atomic E-state index is -0.830. The molecule has 32 heavy (non-hydrogen) atoms. The maximum absolute atomic E-state index is 13.2. The van der Waals surface area contributed by atoms with Gasteiger partial charge in [0.15, 0.2) is 0 Å². The van der Waals surface area contributed by atoms with Crippen LogP contribution in [-0.4, -0.2) is 40.5 Å². The normalized spacial score (nSPS) is 16.1. The van der Waals surface area contributed by atoms with Gasteiger partial charge in [0.1, 0.15) is 5.75 Å². The van der Waals surface area contributed by atoms with Crippen LogP contribution >= 0.6 is 0 Å². The van der Waals surface area contributed by atoms with E-state index in [-0.39, 0.29) is 19.4 Å². The van der Waals surface area contributed by atoms with Gasteiger partial charge in [-0.3, -0.25) is 4.79 Å². The SMILES string of the molecule is COc1cccc(C2(C(=O)Nc3ccc4c(c3)cc(C(C)(C)C)n4C[C@@H](O)CO)CC2)c1.[HH]. The standard InChI is InChI=1S/C26H32N2O4.H2/c1-25(2,3)23-13-17-12-19(8-9-22(17)28(23)15-20(30)16-29)27-24(31)26(10-11-26)18-6-5-7-21(14-18)32-4;/h5-9,12-14,20,29-30H,10-11,15-16H2,1-4H3,(H,27,31);1H/t20-;/m1./s1. The van der Waals surface area contributed by atoms with E-state index in [4.69, 9.17) is 4.74 Å². The first kappa shape index (κ1) is 22.4. The summed E-state index contributed by atoms with van der Waals surface area (Å²) in [4.78, 5) is 13.2. The molecule has 1 amide bonds. The first-order valence-electron chi connectivity index (χ1n) is 11.1. The number of aliphatic hydroxyl groups is 2. The first-order valence-corrected chi connectivity index (χ1v) is 11.1. The van der Waals surface area contributed by atoms with E-state index in [1.807, 2.05) is 42.5 Å². The van der Waals surface area contributed by atoms with Crippen molar-refractivity contribution in [1.29, 1.82) is 0 Å². The average Bonchev–Trinajstić information content (AvgIpc) is 3.50. The number of benzene rings is 2. The van der Waals surface area contributed by atoms with Gasteiger partial charge in [-0.2, -0.15) is 0 Å². The van der Waals surface area contributed by atoms with E-state index in [1.165, 1.54) is 0 Å². The maximum atomic E-state index is 13.2. The van der Waals surface area contributed by atoms with Crippen LogP contribution in [0.25, 0.3) is 10.9 Å². The van der Waals surface area contributed by atoms with Crippen molar-refractivity contribution in [3.8, 4) is 5.75 Å². The van der Waals surface area contributed by atoms with Gasteiger partial charge in [-0.25, -0.2) is 0 Å². The number of ether oxygens (including phenoxy) is 1. The molecule has 1 aliphatic rings. The molecule has 1 fully saturated rings. The van der Waals surface area contributed by atoms with Gasteiger partial charge in [-0.1, -0.05) is 32.9 Å². The molecule has 1 aliphatic carbocycles. The lowest BCUT2D eigenvalue weighted by molar-refractivity contribution is -0.118. The molecule has 0 radical (unpaired) electrons. The lowest BCUT2D eigenvalue weighted by atomic mass is 9.92. The molecule has 2 aromatic carbocycles. The lowest BCUT2D eigenvalue weighted by Gasteiger charge is -2.23. The number of rotatable bonds is 7. The van der Waals surface area contributed by atoms with Crippen LogP contribution in [0.3, 0.4) is 0 Å². The molecule has 1 aromatic heterocycles. The fourth-order valence-electron chi connectivity index (χ4n) is 4.38. The number of carbonyl (C=O) groups is 1. The summed E-state index contributed by atoms with van der Waals surface area (Å²) in [5, 5.41) is 23.5. The van der Waals surface area contributed by atoms with E-state index in [0.29, 0.717) is 6.54 Å². The van der Waals surface area contributed by atoms with E-state index in [1.54, 1.807) is 7.11 Å². The zero-order chi connectivity index (χ0) is 23.1. The molecule has 3 aromatic rings. The molecule has 6 heteroatoms. The quantitative estimate of drug-likeness (QED) is 0.516. The summed E-state index contributed by atoms with van der Waals surface area (Å²) in [5.41, 5.74) is 3.12. The Morgan fingerprint density at radius 3 is 2.59 bits per heavy atom. The lowest BCUT2D eigenvalue weighted by Crippen LogP contribution is -2.27. The number of aromatic nitrogens is 1. The van der Waals surface area contributed by atoms with Crippen LogP contribution in [0.5, 0.6) is 5.75 Å². The zero-order valence-electron chi connectivity index (χ0n) is 19.2. The Morgan fingerprint density at radius 2 is 1.97 bits per heavy atom. The van der Waals surface area contributed by atoms with Gasteiger partial charge in [0.2, 0.25) is 5.91 Å². The number of nitrogens with one attached hydrogen (secondary N) is 1. The molecule has 1 heterocycles. The number of nitrogens with zero attached hydrogens (tertiary/aromatic N) is 1. The van der Waals surface area contributed by atoms with Crippen molar-refractivity contribution in [3.05, 3.63) is 59.8 Å². The van der Waals surface area contributed by atoms with Gasteiger partial charge in [0, 0.05) is 29.1 Å². The Morgan fingerprint density at radius 1 is 1.22 bits per heavy atom. The smallest absolute Gasteiger partial charge is 0.235 e. The van der Waals surface area contributed by atoms with Crippen LogP contribution in [0.4, 0.5) is 5.69 Å². The van der Waals surface area contributed by atoms with Gasteiger partial charge in [-0.15, -0.1) is 0 Å². The van der Waals surface area contributed by atoms with Crippen LogP contribution in [0, 0.1) is 0 Å².